The van der Waals surface area contributed by atoms with Crippen molar-refractivity contribution in [3.63, 3.8) is 0 Å². The fourth-order valence-electron chi connectivity index (χ4n) is 1.35. The summed E-state index contributed by atoms with van der Waals surface area (Å²) in [6, 6.07) is 0. The number of aliphatic hydroxyl groups is 1. The van der Waals surface area contributed by atoms with Gasteiger partial charge in [-0.15, -0.1) is 0 Å². The molecule has 0 radical (unpaired) electrons. The highest BCUT2D eigenvalue weighted by molar-refractivity contribution is 7.89. The van der Waals surface area contributed by atoms with E-state index in [9.17, 15) is 8.42 Å². The minimum Gasteiger partial charge on any atom is -0.394 e. The van der Waals surface area contributed by atoms with Crippen molar-refractivity contribution >= 4 is 10.0 Å². The first-order valence-corrected chi connectivity index (χ1v) is 7.06. The van der Waals surface area contributed by atoms with E-state index in [1.165, 1.54) is 0 Å². The maximum Gasteiger partial charge on any atom is 0.209 e. The zero-order valence-corrected chi connectivity index (χ0v) is 10.4. The van der Waals surface area contributed by atoms with Crippen LogP contribution in [0, 0.1) is 0 Å². The molecule has 0 aliphatic heterocycles. The van der Waals surface area contributed by atoms with Gasteiger partial charge in [-0.05, 0) is 13.0 Å². The van der Waals surface area contributed by atoms with E-state index in [1.807, 2.05) is 6.20 Å². The Morgan fingerprint density at radius 3 is 2.94 bits per heavy atom. The van der Waals surface area contributed by atoms with Gasteiger partial charge in [-0.3, -0.25) is 4.68 Å². The maximum atomic E-state index is 10.7. The van der Waals surface area contributed by atoms with E-state index in [1.54, 1.807) is 10.9 Å². The van der Waals surface area contributed by atoms with Crippen LogP contribution in [0.5, 0.6) is 0 Å². The lowest BCUT2D eigenvalue weighted by Gasteiger charge is -2.01. The highest BCUT2D eigenvalue weighted by Gasteiger charge is 2.02. The van der Waals surface area contributed by atoms with Gasteiger partial charge in [0, 0.05) is 18.3 Å². The highest BCUT2D eigenvalue weighted by Crippen LogP contribution is 1.97. The molecule has 0 saturated carbocycles. The van der Waals surface area contributed by atoms with Crippen molar-refractivity contribution in [1.82, 2.24) is 15.1 Å². The summed E-state index contributed by atoms with van der Waals surface area (Å²) >= 11 is 0. The third-order valence-electron chi connectivity index (χ3n) is 2.13. The summed E-state index contributed by atoms with van der Waals surface area (Å²) in [5.41, 5.74) is 0.994. The average Bonchev–Trinajstić information content (AvgIpc) is 2.64. The van der Waals surface area contributed by atoms with Gasteiger partial charge in [0.2, 0.25) is 10.0 Å². The van der Waals surface area contributed by atoms with Gasteiger partial charge in [-0.1, -0.05) is 0 Å². The monoisotopic (exact) mass is 262 g/mol. The van der Waals surface area contributed by atoms with Crippen molar-refractivity contribution in [2.75, 3.05) is 18.9 Å². The van der Waals surface area contributed by atoms with E-state index in [2.05, 4.69) is 10.4 Å². The molecule has 0 fully saturated rings. The largest absolute Gasteiger partial charge is 0.394 e. The molecule has 1 rings (SSSR count). The predicted molar refractivity (Wildman–Crippen MR) is 63.6 cm³/mol. The molecule has 1 aromatic rings. The molecule has 0 amide bonds. The van der Waals surface area contributed by atoms with Crippen LogP contribution in [-0.2, 0) is 23.1 Å². The quantitative estimate of drug-likeness (QED) is 0.501. The molecule has 1 aromatic heterocycles. The normalized spacial score (nSPS) is 11.9. The lowest BCUT2D eigenvalue weighted by atomic mass is 10.3. The number of hydrogen-bond acceptors (Lipinski definition) is 5. The average molecular weight is 262 g/mol. The van der Waals surface area contributed by atoms with E-state index in [4.69, 9.17) is 10.2 Å². The molecule has 4 N–H and O–H groups in total. The SMILES string of the molecule is NS(=O)(=O)CCCNCc1cnn(CCO)c1. The molecule has 0 unspecified atom stereocenters. The van der Waals surface area contributed by atoms with Crippen molar-refractivity contribution in [1.29, 1.82) is 0 Å². The molecule has 17 heavy (non-hydrogen) atoms. The minimum atomic E-state index is -3.36. The Morgan fingerprint density at radius 1 is 1.53 bits per heavy atom. The predicted octanol–water partition coefficient (Wildman–Crippen LogP) is -1.36. The summed E-state index contributed by atoms with van der Waals surface area (Å²) in [5.74, 6) is -0.0101. The van der Waals surface area contributed by atoms with Crippen LogP contribution < -0.4 is 10.5 Å². The van der Waals surface area contributed by atoms with E-state index in [0.29, 0.717) is 26.1 Å². The molecular formula is C9H18N4O3S. The fraction of sp³-hybridized carbons (Fsp3) is 0.667. The summed E-state index contributed by atoms with van der Waals surface area (Å²) < 4.78 is 23.0. The van der Waals surface area contributed by atoms with Gasteiger partial charge < -0.3 is 10.4 Å². The Balaban J connectivity index is 2.17. The first kappa shape index (κ1) is 14.1. The van der Waals surface area contributed by atoms with Crippen LogP contribution in [0.25, 0.3) is 0 Å². The molecule has 0 saturated heterocycles. The second-order valence-electron chi connectivity index (χ2n) is 3.73. The van der Waals surface area contributed by atoms with Gasteiger partial charge in [-0.2, -0.15) is 5.10 Å². The molecular weight excluding hydrogens is 244 g/mol. The number of aliphatic hydroxyl groups excluding tert-OH is 1. The number of sulfonamides is 1. The molecule has 0 aliphatic carbocycles. The topological polar surface area (TPSA) is 110 Å². The van der Waals surface area contributed by atoms with Crippen LogP contribution >= 0.6 is 0 Å². The number of nitrogens with two attached hydrogens (primary N) is 1. The number of aromatic nitrogens is 2. The smallest absolute Gasteiger partial charge is 0.209 e. The maximum absolute atomic E-state index is 10.7. The van der Waals surface area contributed by atoms with Gasteiger partial charge in [0.25, 0.3) is 0 Å². The van der Waals surface area contributed by atoms with Gasteiger partial charge in [0.05, 0.1) is 25.1 Å². The number of nitrogens with one attached hydrogen (secondary N) is 1. The van der Waals surface area contributed by atoms with Gasteiger partial charge in [0.15, 0.2) is 0 Å². The standard InChI is InChI=1S/C9H18N4O3S/c10-17(15,16)5-1-2-11-6-9-7-12-13(8-9)3-4-14/h7-8,11,14H,1-6H2,(H2,10,15,16). The molecule has 0 atom stereocenters. The first-order valence-electron chi connectivity index (χ1n) is 5.34. The molecule has 98 valence electrons. The van der Waals surface area contributed by atoms with Crippen LogP contribution in [0.3, 0.4) is 0 Å². The highest BCUT2D eigenvalue weighted by atomic mass is 32.2. The molecule has 0 aliphatic rings. The van der Waals surface area contributed by atoms with E-state index in [-0.39, 0.29) is 12.4 Å². The Kier molecular flexibility index (Phi) is 5.56. The molecule has 8 heteroatoms. The third kappa shape index (κ3) is 6.37. The number of rotatable bonds is 8. The van der Waals surface area contributed by atoms with Gasteiger partial charge >= 0.3 is 0 Å². The van der Waals surface area contributed by atoms with Crippen molar-refractivity contribution in [3.8, 4) is 0 Å². The summed E-state index contributed by atoms with van der Waals surface area (Å²) in [6.45, 7) is 1.74. The van der Waals surface area contributed by atoms with Crippen LogP contribution in [0.2, 0.25) is 0 Å². The summed E-state index contributed by atoms with van der Waals surface area (Å²) in [6.07, 6.45) is 4.04. The van der Waals surface area contributed by atoms with Crippen molar-refractivity contribution < 1.29 is 13.5 Å². The molecule has 0 spiro atoms. The van der Waals surface area contributed by atoms with E-state index >= 15 is 0 Å². The van der Waals surface area contributed by atoms with E-state index in [0.717, 1.165) is 5.56 Å². The second-order valence-corrected chi connectivity index (χ2v) is 5.47. The van der Waals surface area contributed by atoms with Crippen molar-refractivity contribution in [2.24, 2.45) is 5.14 Å². The lowest BCUT2D eigenvalue weighted by Crippen LogP contribution is -2.21. The Morgan fingerprint density at radius 2 is 2.29 bits per heavy atom. The number of nitrogens with zero attached hydrogens (tertiary/aromatic N) is 2. The molecule has 1 heterocycles. The molecule has 0 bridgehead atoms. The Labute approximate surface area is 101 Å². The van der Waals surface area contributed by atoms with Crippen LogP contribution in [0.15, 0.2) is 12.4 Å². The van der Waals surface area contributed by atoms with Gasteiger partial charge in [-0.25, -0.2) is 13.6 Å². The summed E-state index contributed by atoms with van der Waals surface area (Å²) in [5, 5.41) is 20.7. The zero-order chi connectivity index (χ0) is 12.7. The number of hydrogen-bond donors (Lipinski definition) is 3. The Bertz CT molecular complexity index is 429. The zero-order valence-electron chi connectivity index (χ0n) is 9.54. The van der Waals surface area contributed by atoms with E-state index < -0.39 is 10.0 Å². The third-order valence-corrected chi connectivity index (χ3v) is 2.99. The van der Waals surface area contributed by atoms with Crippen LogP contribution in [0.4, 0.5) is 0 Å². The van der Waals surface area contributed by atoms with Crippen molar-refractivity contribution in [3.05, 3.63) is 18.0 Å². The van der Waals surface area contributed by atoms with Gasteiger partial charge in [0.1, 0.15) is 0 Å². The van der Waals surface area contributed by atoms with Crippen molar-refractivity contribution in [2.45, 2.75) is 19.5 Å². The van der Waals surface area contributed by atoms with Crippen LogP contribution in [-0.4, -0.2) is 42.2 Å². The molecule has 7 nitrogen and oxygen atoms in total. The summed E-state index contributed by atoms with van der Waals surface area (Å²) in [4.78, 5) is 0. The van der Waals surface area contributed by atoms with Crippen LogP contribution in [0.1, 0.15) is 12.0 Å². The number of primary sulfonamides is 1. The summed E-state index contributed by atoms with van der Waals surface area (Å²) in [7, 11) is -3.36. The minimum absolute atomic E-state index is 0.0101. The lowest BCUT2D eigenvalue weighted by molar-refractivity contribution is 0.269. The first-order chi connectivity index (χ1) is 8.01. The molecule has 0 aromatic carbocycles. The fourth-order valence-corrected chi connectivity index (χ4v) is 1.90. The second kappa shape index (κ2) is 6.70. The Hall–Kier alpha value is -0.960.